The monoisotopic (exact) mass is 418 g/mol. The zero-order chi connectivity index (χ0) is 20.4. The van der Waals surface area contributed by atoms with Crippen molar-refractivity contribution in [1.29, 1.82) is 0 Å². The Kier molecular flexibility index (Phi) is 4.41. The largest absolute Gasteiger partial charge is 0.455 e. The lowest BCUT2D eigenvalue weighted by Crippen LogP contribution is -2.56. The zero-order valence-electron chi connectivity index (χ0n) is 13.4. The van der Waals surface area contributed by atoms with E-state index in [1.54, 1.807) is 0 Å². The molecule has 0 aliphatic carbocycles. The number of fused-ring (bicyclic) bond motifs is 3. The van der Waals surface area contributed by atoms with Crippen LogP contribution in [-0.2, 0) is 0 Å². The smallest absolute Gasteiger partial charge is 0.361 e. The van der Waals surface area contributed by atoms with Gasteiger partial charge in [-0.1, -0.05) is 11.6 Å². The highest BCUT2D eigenvalue weighted by molar-refractivity contribution is 6.47. The molecule has 0 bridgehead atoms. The Bertz CT molecular complexity index is 929. The number of alkyl halides is 8. The van der Waals surface area contributed by atoms with Crippen molar-refractivity contribution in [2.75, 3.05) is 16.8 Å². The first-order valence-electron chi connectivity index (χ1n) is 7.50. The van der Waals surface area contributed by atoms with E-state index >= 15 is 0 Å². The summed E-state index contributed by atoms with van der Waals surface area (Å²) in [6, 6.07) is -0.479. The summed E-state index contributed by atoms with van der Waals surface area (Å²) < 4.78 is 106. The molecule has 11 heteroatoms. The minimum Gasteiger partial charge on any atom is -0.361 e. The van der Waals surface area contributed by atoms with Gasteiger partial charge in [0, 0.05) is 28.0 Å². The lowest BCUT2D eigenvalue weighted by molar-refractivity contribution is -0.285. The third-order valence-corrected chi connectivity index (χ3v) is 4.70. The van der Waals surface area contributed by atoms with Crippen molar-refractivity contribution in [3.8, 4) is 0 Å². The molecule has 0 saturated carbocycles. The highest BCUT2D eigenvalue weighted by Gasteiger charge is 2.66. The van der Waals surface area contributed by atoms with Crippen molar-refractivity contribution >= 4 is 33.6 Å². The fourth-order valence-electron chi connectivity index (χ4n) is 3.39. The van der Waals surface area contributed by atoms with Gasteiger partial charge in [0.15, 0.2) is 0 Å². The summed E-state index contributed by atoms with van der Waals surface area (Å²) in [5.74, 6) is -5.40. The molecule has 0 saturated heterocycles. The van der Waals surface area contributed by atoms with Gasteiger partial charge in [-0.25, -0.2) is 0 Å². The molecule has 1 N–H and O–H groups in total. The number of halogens is 9. The van der Waals surface area contributed by atoms with Crippen molar-refractivity contribution in [3.05, 3.63) is 34.8 Å². The molecule has 2 aliphatic heterocycles. The molecular formula is C16H11ClF8N2. The molecule has 1 atom stereocenters. The third-order valence-electron chi connectivity index (χ3n) is 4.39. The van der Waals surface area contributed by atoms with Gasteiger partial charge in [-0.3, -0.25) is 0 Å². The van der Waals surface area contributed by atoms with Crippen LogP contribution in [0.15, 0.2) is 24.4 Å². The van der Waals surface area contributed by atoms with Crippen LogP contribution < -0.4 is 20.7 Å². The van der Waals surface area contributed by atoms with Crippen LogP contribution in [0.1, 0.15) is 6.92 Å². The van der Waals surface area contributed by atoms with E-state index in [1.807, 2.05) is 0 Å². The number of rotatable bonds is 2. The average molecular weight is 419 g/mol. The maximum atomic E-state index is 14.2. The number of nitrogens with zero attached hydrogens (tertiary/aromatic N) is 1. The molecule has 1 unspecified atom stereocenters. The molecule has 148 valence electrons. The maximum Gasteiger partial charge on any atom is 0.455 e. The Balaban J connectivity index is 2.36. The highest BCUT2D eigenvalue weighted by Crippen LogP contribution is 2.46. The summed E-state index contributed by atoms with van der Waals surface area (Å²) >= 11 is 6.05. The van der Waals surface area contributed by atoms with Crippen LogP contribution in [0.2, 0.25) is 0 Å². The van der Waals surface area contributed by atoms with Gasteiger partial charge >= 0.3 is 18.3 Å². The predicted molar refractivity (Wildman–Crippen MR) is 85.0 cm³/mol. The average Bonchev–Trinajstić information content (AvgIpc) is 2.77. The van der Waals surface area contributed by atoms with Gasteiger partial charge in [-0.05, 0) is 30.7 Å². The minimum absolute atomic E-state index is 0.0166. The number of allylic oxidation sites excluding steroid dienone is 1. The lowest BCUT2D eigenvalue weighted by Gasteiger charge is -2.36. The fourth-order valence-corrected chi connectivity index (χ4v) is 3.65. The molecule has 27 heavy (non-hydrogen) atoms. The molecule has 0 aromatic heterocycles. The molecule has 1 aromatic carbocycles. The van der Waals surface area contributed by atoms with Crippen LogP contribution in [0.4, 0.5) is 46.5 Å². The van der Waals surface area contributed by atoms with Crippen LogP contribution in [-0.4, -0.2) is 30.9 Å². The predicted octanol–water partition coefficient (Wildman–Crippen LogP) is 4.09. The molecule has 2 aliphatic rings. The molecule has 0 spiro atoms. The second-order valence-corrected chi connectivity index (χ2v) is 6.56. The van der Waals surface area contributed by atoms with Crippen molar-refractivity contribution in [1.82, 2.24) is 0 Å². The van der Waals surface area contributed by atoms with Crippen LogP contribution in [0.5, 0.6) is 0 Å². The van der Waals surface area contributed by atoms with Gasteiger partial charge in [0.25, 0.3) is 0 Å². The number of nitrogens with one attached hydrogen (secondary N) is 1. The van der Waals surface area contributed by atoms with Gasteiger partial charge in [0.05, 0.1) is 5.03 Å². The highest BCUT2D eigenvalue weighted by atomic mass is 35.5. The van der Waals surface area contributed by atoms with E-state index < -0.39 is 36.4 Å². The van der Waals surface area contributed by atoms with Crippen LogP contribution >= 0.6 is 11.6 Å². The Morgan fingerprint density at radius 3 is 2.22 bits per heavy atom. The summed E-state index contributed by atoms with van der Waals surface area (Å²) in [5.41, 5.74) is -0.625. The van der Waals surface area contributed by atoms with Crippen LogP contribution in [0.25, 0.3) is 10.6 Å². The van der Waals surface area contributed by atoms with Crippen LogP contribution in [0, 0.1) is 0 Å². The maximum absolute atomic E-state index is 14.2. The Hall–Kier alpha value is -1.97. The molecule has 2 heterocycles. The van der Waals surface area contributed by atoms with Crippen molar-refractivity contribution in [2.45, 2.75) is 31.2 Å². The van der Waals surface area contributed by atoms with Crippen LogP contribution in [0.3, 0.4) is 0 Å². The number of benzene rings is 1. The van der Waals surface area contributed by atoms with E-state index in [-0.39, 0.29) is 26.1 Å². The van der Waals surface area contributed by atoms with Gasteiger partial charge < -0.3 is 10.2 Å². The summed E-state index contributed by atoms with van der Waals surface area (Å²) in [5, 5.41) is 2.68. The first-order chi connectivity index (χ1) is 12.3. The fraction of sp³-hybridized carbons (Fsp3) is 0.375. The third kappa shape index (κ3) is 3.13. The van der Waals surface area contributed by atoms with Crippen molar-refractivity contribution in [2.24, 2.45) is 0 Å². The molecule has 0 amide bonds. The van der Waals surface area contributed by atoms with E-state index in [4.69, 9.17) is 11.6 Å². The molecule has 3 rings (SSSR count). The molecule has 0 fully saturated rings. The lowest BCUT2D eigenvalue weighted by atomic mass is 10.00. The summed E-state index contributed by atoms with van der Waals surface area (Å²) in [6.07, 6.45) is -8.28. The molecule has 2 nitrogen and oxygen atoms in total. The molecule has 0 radical (unpaired) electrons. The Labute approximate surface area is 152 Å². The number of hydrogen-bond donors (Lipinski definition) is 1. The van der Waals surface area contributed by atoms with Crippen molar-refractivity contribution < 1.29 is 35.1 Å². The normalized spacial score (nSPS) is 19.9. The zero-order valence-corrected chi connectivity index (χ0v) is 14.2. The second kappa shape index (κ2) is 6.02. The number of hydrogen-bond acceptors (Lipinski definition) is 2. The van der Waals surface area contributed by atoms with Gasteiger partial charge in [-0.15, -0.1) is 0 Å². The van der Waals surface area contributed by atoms with E-state index in [1.165, 1.54) is 18.3 Å². The topological polar surface area (TPSA) is 15.3 Å². The summed E-state index contributed by atoms with van der Waals surface area (Å²) in [4.78, 5) is 0.0426. The quantitative estimate of drug-likeness (QED) is 0.728. The second-order valence-electron chi connectivity index (χ2n) is 6.16. The van der Waals surface area contributed by atoms with Gasteiger partial charge in [-0.2, -0.15) is 35.1 Å². The Morgan fingerprint density at radius 2 is 1.67 bits per heavy atom. The molecular weight excluding hydrogens is 408 g/mol. The van der Waals surface area contributed by atoms with E-state index in [0.717, 1.165) is 13.0 Å². The first-order valence-corrected chi connectivity index (χ1v) is 7.88. The minimum atomic E-state index is -6.03. The van der Waals surface area contributed by atoms with Gasteiger partial charge in [0.1, 0.15) is 12.6 Å². The Morgan fingerprint density at radius 1 is 1.04 bits per heavy atom. The summed E-state index contributed by atoms with van der Waals surface area (Å²) in [6.45, 7) is -1.00. The van der Waals surface area contributed by atoms with E-state index in [9.17, 15) is 35.1 Å². The van der Waals surface area contributed by atoms with E-state index in [0.29, 0.717) is 5.69 Å². The SMILES string of the molecule is CC1=c2c(ccc3c2=C(Cl)C=CN3)N(CC(F)(F)F)C1C(F)(F)C(F)(F)F. The van der Waals surface area contributed by atoms with Crippen molar-refractivity contribution in [3.63, 3.8) is 0 Å². The summed E-state index contributed by atoms with van der Waals surface area (Å²) in [7, 11) is 0. The first kappa shape index (κ1) is 19.8. The van der Waals surface area contributed by atoms with E-state index in [2.05, 4.69) is 5.32 Å². The standard InChI is InChI=1S/C16H11ClF8N2/c1-7-11-10(3-2-9-12(11)8(17)4-5-26-9)27(6-14(18,19)20)13(7)15(21,22)16(23,24)25/h2-5,13,26H,6H2,1H3. The molecule has 1 aromatic rings. The number of anilines is 2. The van der Waals surface area contributed by atoms with Gasteiger partial charge in [0.2, 0.25) is 0 Å².